The number of hydrogen-bond donors (Lipinski definition) is 4. The van der Waals surface area contributed by atoms with Crippen LogP contribution in [0.1, 0.15) is 22.4 Å². The third-order valence-corrected chi connectivity index (χ3v) is 6.14. The van der Waals surface area contributed by atoms with Gasteiger partial charge in [0.2, 0.25) is 0 Å². The number of hydrogen-bond acceptors (Lipinski definition) is 7. The Hall–Kier alpha value is -2.95. The number of allylic oxidation sites excluding steroid dienone is 1. The molecule has 0 bridgehead atoms. The van der Waals surface area contributed by atoms with Gasteiger partial charge in [-0.1, -0.05) is 0 Å². The molecular formula is C17H16F3N5O2S. The number of pyridine rings is 1. The molecule has 1 aliphatic rings. The van der Waals surface area contributed by atoms with Gasteiger partial charge in [-0.25, -0.2) is 13.4 Å². The largest absolute Gasteiger partial charge is 0.433 e. The van der Waals surface area contributed by atoms with Gasteiger partial charge in [-0.15, -0.1) is 0 Å². The van der Waals surface area contributed by atoms with E-state index in [-0.39, 0.29) is 34.6 Å². The van der Waals surface area contributed by atoms with E-state index in [4.69, 9.17) is 22.3 Å². The van der Waals surface area contributed by atoms with Crippen LogP contribution in [-0.4, -0.2) is 37.3 Å². The van der Waals surface area contributed by atoms with Crippen molar-refractivity contribution in [3.05, 3.63) is 40.7 Å². The molecule has 3 rings (SSSR count). The Morgan fingerprint density at radius 3 is 2.50 bits per heavy atom. The first-order chi connectivity index (χ1) is 13.0. The topological polar surface area (TPSA) is 147 Å². The van der Waals surface area contributed by atoms with Crippen LogP contribution in [0, 0.1) is 10.8 Å². The molecule has 7 nitrogen and oxygen atoms in total. The van der Waals surface area contributed by atoms with Gasteiger partial charge in [-0.05, 0) is 29.7 Å². The summed E-state index contributed by atoms with van der Waals surface area (Å²) in [7, 11) is -3.57. The van der Waals surface area contributed by atoms with Crippen LogP contribution < -0.4 is 11.5 Å². The Labute approximate surface area is 158 Å². The fourth-order valence-corrected chi connectivity index (χ4v) is 4.72. The first-order valence-electron chi connectivity index (χ1n) is 8.03. The number of nitrogens with two attached hydrogens (primary N) is 2. The molecule has 0 saturated heterocycles. The fraction of sp³-hybridized carbons (Fsp3) is 0.235. The standard InChI is InChI=1S/C17H16F3N5O2S/c18-17(19,20)16(24)10(6-22)15-11-7-28(26,27)4-3-8(11)14-9(5-21)12(23)1-2-13(14)25-15/h1-2,5-6,21,24H,3-4,7,22-23H2/b10-6-,21-5?,24-16?. The van der Waals surface area contributed by atoms with Gasteiger partial charge in [0.15, 0.2) is 9.84 Å². The van der Waals surface area contributed by atoms with Crippen LogP contribution in [0.3, 0.4) is 0 Å². The lowest BCUT2D eigenvalue weighted by Crippen LogP contribution is -2.27. The van der Waals surface area contributed by atoms with E-state index in [1.807, 2.05) is 0 Å². The van der Waals surface area contributed by atoms with Crippen LogP contribution in [-0.2, 0) is 22.0 Å². The summed E-state index contributed by atoms with van der Waals surface area (Å²) in [6.45, 7) is 0. The predicted molar refractivity (Wildman–Crippen MR) is 101 cm³/mol. The Bertz CT molecular complexity index is 1150. The van der Waals surface area contributed by atoms with E-state index >= 15 is 0 Å². The zero-order chi connectivity index (χ0) is 20.9. The molecule has 0 fully saturated rings. The number of alkyl halides is 3. The minimum Gasteiger partial charge on any atom is -0.404 e. The van der Waals surface area contributed by atoms with Crippen molar-refractivity contribution >= 4 is 43.9 Å². The summed E-state index contributed by atoms with van der Waals surface area (Å²) in [5.41, 5.74) is 9.91. The van der Waals surface area contributed by atoms with Crippen molar-refractivity contribution in [2.45, 2.75) is 18.3 Å². The Kier molecular flexibility index (Phi) is 4.66. The second kappa shape index (κ2) is 6.59. The van der Waals surface area contributed by atoms with Gasteiger partial charge in [-0.3, -0.25) is 5.41 Å². The molecule has 0 unspecified atom stereocenters. The van der Waals surface area contributed by atoms with E-state index < -0.39 is 33.1 Å². The van der Waals surface area contributed by atoms with Crippen molar-refractivity contribution in [3.63, 3.8) is 0 Å². The van der Waals surface area contributed by atoms with Gasteiger partial charge in [-0.2, -0.15) is 13.2 Å². The van der Waals surface area contributed by atoms with Crippen molar-refractivity contribution < 1.29 is 21.6 Å². The highest BCUT2D eigenvalue weighted by Gasteiger charge is 2.39. The summed E-state index contributed by atoms with van der Waals surface area (Å²) in [4.78, 5) is 4.20. The van der Waals surface area contributed by atoms with Gasteiger partial charge < -0.3 is 16.9 Å². The summed E-state index contributed by atoms with van der Waals surface area (Å²) in [6.07, 6.45) is -3.34. The molecule has 0 atom stereocenters. The average molecular weight is 411 g/mol. The summed E-state index contributed by atoms with van der Waals surface area (Å²) in [5.74, 6) is -0.724. The minimum absolute atomic E-state index is 0.0329. The number of sulfone groups is 1. The average Bonchev–Trinajstić information content (AvgIpc) is 2.61. The molecule has 0 radical (unpaired) electrons. The number of nitrogen functional groups attached to an aromatic ring is 1. The fourth-order valence-electron chi connectivity index (χ4n) is 3.31. The molecule has 1 aromatic heterocycles. The molecule has 1 aliphatic heterocycles. The van der Waals surface area contributed by atoms with Crippen LogP contribution in [0.2, 0.25) is 0 Å². The third kappa shape index (κ3) is 3.21. The lowest BCUT2D eigenvalue weighted by atomic mass is 9.91. The highest BCUT2D eigenvalue weighted by Crippen LogP contribution is 2.37. The molecule has 6 N–H and O–H groups in total. The van der Waals surface area contributed by atoms with Gasteiger partial charge >= 0.3 is 6.18 Å². The minimum atomic E-state index is -4.98. The van der Waals surface area contributed by atoms with Crippen molar-refractivity contribution in [2.24, 2.45) is 5.73 Å². The molecule has 148 valence electrons. The molecule has 0 aliphatic carbocycles. The molecule has 1 aromatic carbocycles. The van der Waals surface area contributed by atoms with Crippen molar-refractivity contribution in [1.29, 1.82) is 10.8 Å². The van der Waals surface area contributed by atoms with Gasteiger partial charge in [0, 0.05) is 34.6 Å². The van der Waals surface area contributed by atoms with Crippen LogP contribution in [0.5, 0.6) is 0 Å². The first-order valence-corrected chi connectivity index (χ1v) is 9.85. The number of nitrogens with zero attached hydrogens (tertiary/aromatic N) is 1. The molecular weight excluding hydrogens is 395 g/mol. The summed E-state index contributed by atoms with van der Waals surface area (Å²) >= 11 is 0. The summed E-state index contributed by atoms with van der Waals surface area (Å²) in [6, 6.07) is 2.95. The second-order valence-corrected chi connectivity index (χ2v) is 8.50. The lowest BCUT2D eigenvalue weighted by Gasteiger charge is -2.24. The molecule has 28 heavy (non-hydrogen) atoms. The number of benzene rings is 1. The van der Waals surface area contributed by atoms with Crippen molar-refractivity contribution in [2.75, 3.05) is 11.5 Å². The molecule has 0 spiro atoms. The van der Waals surface area contributed by atoms with Crippen LogP contribution in [0.4, 0.5) is 18.9 Å². The second-order valence-electron chi connectivity index (χ2n) is 6.32. The molecule has 0 saturated carbocycles. The molecule has 2 aromatic rings. The Balaban J connectivity index is 2.44. The van der Waals surface area contributed by atoms with Gasteiger partial charge in [0.25, 0.3) is 0 Å². The van der Waals surface area contributed by atoms with E-state index in [1.165, 1.54) is 12.1 Å². The van der Waals surface area contributed by atoms with Gasteiger partial charge in [0.05, 0.1) is 22.7 Å². The highest BCUT2D eigenvalue weighted by atomic mass is 32.2. The summed E-state index contributed by atoms with van der Waals surface area (Å²) in [5, 5.41) is 15.5. The van der Waals surface area contributed by atoms with Crippen LogP contribution in [0.15, 0.2) is 18.3 Å². The SMILES string of the molecule is N=Cc1c(N)ccc2nc(/C(=C/N)C(=N)C(F)(F)F)c3c(c12)CCS(=O)(=O)C3. The van der Waals surface area contributed by atoms with Crippen molar-refractivity contribution in [3.8, 4) is 0 Å². The number of aromatic nitrogens is 1. The van der Waals surface area contributed by atoms with E-state index in [1.54, 1.807) is 0 Å². The van der Waals surface area contributed by atoms with E-state index in [0.29, 0.717) is 22.7 Å². The van der Waals surface area contributed by atoms with Crippen LogP contribution in [0.25, 0.3) is 16.5 Å². The first kappa shape index (κ1) is 19.8. The number of rotatable bonds is 3. The maximum atomic E-state index is 13.1. The number of anilines is 1. The highest BCUT2D eigenvalue weighted by molar-refractivity contribution is 7.90. The normalized spacial score (nSPS) is 16.6. The van der Waals surface area contributed by atoms with Crippen molar-refractivity contribution in [1.82, 2.24) is 4.98 Å². The quantitative estimate of drug-likeness (QED) is 0.451. The third-order valence-electron chi connectivity index (χ3n) is 4.59. The Morgan fingerprint density at radius 2 is 1.93 bits per heavy atom. The number of aryl methyl sites for hydroxylation is 1. The number of halogens is 3. The molecule has 0 amide bonds. The predicted octanol–water partition coefficient (Wildman–Crippen LogP) is 2.17. The zero-order valence-electron chi connectivity index (χ0n) is 14.4. The number of fused-ring (bicyclic) bond motifs is 3. The van der Waals surface area contributed by atoms with E-state index in [0.717, 1.165) is 6.21 Å². The smallest absolute Gasteiger partial charge is 0.404 e. The summed E-state index contributed by atoms with van der Waals surface area (Å²) < 4.78 is 63.7. The maximum absolute atomic E-state index is 13.1. The Morgan fingerprint density at radius 1 is 1.25 bits per heavy atom. The molecule has 11 heteroatoms. The van der Waals surface area contributed by atoms with Gasteiger partial charge in [0.1, 0.15) is 5.71 Å². The van der Waals surface area contributed by atoms with E-state index in [9.17, 15) is 21.6 Å². The van der Waals surface area contributed by atoms with Crippen LogP contribution >= 0.6 is 0 Å². The maximum Gasteiger partial charge on any atom is 0.433 e. The zero-order valence-corrected chi connectivity index (χ0v) is 15.2. The number of nitrogens with one attached hydrogen (secondary N) is 2. The molecule has 2 heterocycles. The lowest BCUT2D eigenvalue weighted by molar-refractivity contribution is -0.0578. The van der Waals surface area contributed by atoms with E-state index in [2.05, 4.69) is 4.98 Å². The monoisotopic (exact) mass is 411 g/mol.